The lowest BCUT2D eigenvalue weighted by atomic mass is 10.1. The van der Waals surface area contributed by atoms with Crippen molar-refractivity contribution in [1.82, 2.24) is 4.90 Å². The first-order valence-corrected chi connectivity index (χ1v) is 5.55. The van der Waals surface area contributed by atoms with Gasteiger partial charge in [0.15, 0.2) is 0 Å². The van der Waals surface area contributed by atoms with Crippen LogP contribution in [0.15, 0.2) is 18.2 Å². The zero-order valence-corrected chi connectivity index (χ0v) is 9.95. The summed E-state index contributed by atoms with van der Waals surface area (Å²) < 4.78 is 13.9. The predicted octanol–water partition coefficient (Wildman–Crippen LogP) is 0.592. The molecule has 1 amide bonds. The second-order valence-corrected chi connectivity index (χ2v) is 3.86. The van der Waals surface area contributed by atoms with Gasteiger partial charge in [-0.05, 0) is 6.54 Å². The van der Waals surface area contributed by atoms with Gasteiger partial charge >= 0.3 is 0 Å². The molecule has 4 N–H and O–H groups in total. The van der Waals surface area contributed by atoms with Crippen LogP contribution >= 0.6 is 0 Å². The highest BCUT2D eigenvalue weighted by atomic mass is 19.1. The first-order chi connectivity index (χ1) is 8.08. The molecule has 1 aromatic rings. The largest absolute Gasteiger partial charge is 0.369 e. The van der Waals surface area contributed by atoms with Crippen LogP contribution in [0.4, 0.5) is 4.39 Å². The summed E-state index contributed by atoms with van der Waals surface area (Å²) in [6, 6.07) is 5.11. The number of primary amides is 1. The molecule has 0 atom stereocenters. The van der Waals surface area contributed by atoms with Crippen LogP contribution in [0.1, 0.15) is 18.1 Å². The van der Waals surface area contributed by atoms with Gasteiger partial charge in [0.2, 0.25) is 5.91 Å². The fourth-order valence-corrected chi connectivity index (χ4v) is 1.65. The average Bonchev–Trinajstić information content (AvgIpc) is 2.30. The van der Waals surface area contributed by atoms with Crippen molar-refractivity contribution in [1.29, 1.82) is 0 Å². The Balaban J connectivity index is 2.82. The molecule has 5 heteroatoms. The van der Waals surface area contributed by atoms with Crippen molar-refractivity contribution in [2.45, 2.75) is 20.0 Å². The lowest BCUT2D eigenvalue weighted by Crippen LogP contribution is -2.33. The van der Waals surface area contributed by atoms with Gasteiger partial charge in [-0.1, -0.05) is 25.1 Å². The first kappa shape index (κ1) is 13.6. The van der Waals surface area contributed by atoms with Crippen molar-refractivity contribution in [3.8, 4) is 0 Å². The number of likely N-dealkylation sites (N-methyl/N-ethyl adjacent to an activating group) is 1. The van der Waals surface area contributed by atoms with E-state index in [1.54, 1.807) is 23.1 Å². The van der Waals surface area contributed by atoms with Crippen molar-refractivity contribution in [2.24, 2.45) is 11.5 Å². The molecule has 0 bridgehead atoms. The summed E-state index contributed by atoms with van der Waals surface area (Å²) in [5.41, 5.74) is 11.6. The summed E-state index contributed by atoms with van der Waals surface area (Å²) >= 11 is 0. The summed E-state index contributed by atoms with van der Waals surface area (Å²) in [7, 11) is 0. The Bertz CT molecular complexity index is 395. The van der Waals surface area contributed by atoms with E-state index in [4.69, 9.17) is 11.5 Å². The van der Waals surface area contributed by atoms with Crippen molar-refractivity contribution in [3.63, 3.8) is 0 Å². The number of hydrogen-bond acceptors (Lipinski definition) is 3. The molecule has 1 aromatic carbocycles. The van der Waals surface area contributed by atoms with Crippen LogP contribution in [0.5, 0.6) is 0 Å². The topological polar surface area (TPSA) is 72.3 Å². The third-order valence-electron chi connectivity index (χ3n) is 2.60. The number of amides is 1. The van der Waals surface area contributed by atoms with Crippen LogP contribution in [0.2, 0.25) is 0 Å². The van der Waals surface area contributed by atoms with Crippen LogP contribution < -0.4 is 11.5 Å². The molecule has 0 aromatic heterocycles. The van der Waals surface area contributed by atoms with Gasteiger partial charge in [0, 0.05) is 24.2 Å². The van der Waals surface area contributed by atoms with E-state index in [1.807, 2.05) is 6.92 Å². The summed E-state index contributed by atoms with van der Waals surface area (Å²) in [5.74, 6) is -0.708. The highest BCUT2D eigenvalue weighted by Gasteiger charge is 2.11. The third kappa shape index (κ3) is 3.80. The van der Waals surface area contributed by atoms with Crippen molar-refractivity contribution >= 4 is 5.91 Å². The molecule has 0 heterocycles. The van der Waals surface area contributed by atoms with E-state index in [1.165, 1.54) is 0 Å². The van der Waals surface area contributed by atoms with E-state index in [9.17, 15) is 9.18 Å². The number of halogens is 1. The van der Waals surface area contributed by atoms with Crippen LogP contribution in [-0.4, -0.2) is 23.9 Å². The van der Waals surface area contributed by atoms with Crippen LogP contribution in [-0.2, 0) is 17.9 Å². The SMILES string of the molecule is CCN(CC(N)=O)Cc1cccc(CN)c1F. The Morgan fingerprint density at radius 1 is 1.41 bits per heavy atom. The van der Waals surface area contributed by atoms with Crippen molar-refractivity contribution in [2.75, 3.05) is 13.1 Å². The molecular weight excluding hydrogens is 221 g/mol. The Labute approximate surface area is 100 Å². The minimum atomic E-state index is -0.415. The fraction of sp³-hybridized carbons (Fsp3) is 0.417. The van der Waals surface area contributed by atoms with Gasteiger partial charge in [-0.3, -0.25) is 9.69 Å². The molecule has 0 radical (unpaired) electrons. The van der Waals surface area contributed by atoms with E-state index in [2.05, 4.69) is 0 Å². The molecule has 1 rings (SSSR count). The second kappa shape index (κ2) is 6.32. The molecule has 0 saturated carbocycles. The quantitative estimate of drug-likeness (QED) is 0.763. The van der Waals surface area contributed by atoms with E-state index in [0.717, 1.165) is 0 Å². The lowest BCUT2D eigenvalue weighted by Gasteiger charge is -2.19. The third-order valence-corrected chi connectivity index (χ3v) is 2.60. The van der Waals surface area contributed by atoms with Gasteiger partial charge in [-0.2, -0.15) is 0 Å². The van der Waals surface area contributed by atoms with E-state index >= 15 is 0 Å². The van der Waals surface area contributed by atoms with E-state index < -0.39 is 5.91 Å². The number of nitrogens with two attached hydrogens (primary N) is 2. The van der Waals surface area contributed by atoms with Crippen LogP contribution in [0.3, 0.4) is 0 Å². The smallest absolute Gasteiger partial charge is 0.231 e. The molecule has 0 aliphatic carbocycles. The average molecular weight is 239 g/mol. The van der Waals surface area contributed by atoms with Gasteiger partial charge in [0.1, 0.15) is 5.82 Å². The molecule has 0 spiro atoms. The number of carbonyl (C=O) groups is 1. The maximum Gasteiger partial charge on any atom is 0.231 e. The van der Waals surface area contributed by atoms with Crippen LogP contribution in [0.25, 0.3) is 0 Å². The summed E-state index contributed by atoms with van der Waals surface area (Å²) in [6.07, 6.45) is 0. The number of hydrogen-bond donors (Lipinski definition) is 2. The van der Waals surface area contributed by atoms with E-state index in [-0.39, 0.29) is 18.9 Å². The molecule has 0 aliphatic rings. The molecule has 94 valence electrons. The van der Waals surface area contributed by atoms with Crippen molar-refractivity contribution in [3.05, 3.63) is 35.1 Å². The zero-order chi connectivity index (χ0) is 12.8. The normalized spacial score (nSPS) is 10.8. The number of benzene rings is 1. The first-order valence-electron chi connectivity index (χ1n) is 5.55. The Hall–Kier alpha value is -1.46. The molecular formula is C12H18FN3O. The van der Waals surface area contributed by atoms with Crippen LogP contribution in [0, 0.1) is 5.82 Å². The zero-order valence-electron chi connectivity index (χ0n) is 9.95. The number of nitrogens with zero attached hydrogens (tertiary/aromatic N) is 1. The summed E-state index contributed by atoms with van der Waals surface area (Å²) in [5, 5.41) is 0. The number of rotatable bonds is 6. The molecule has 4 nitrogen and oxygen atoms in total. The predicted molar refractivity (Wildman–Crippen MR) is 64.4 cm³/mol. The summed E-state index contributed by atoms with van der Waals surface area (Å²) in [4.78, 5) is 12.6. The lowest BCUT2D eigenvalue weighted by molar-refractivity contribution is -0.119. The van der Waals surface area contributed by atoms with Crippen molar-refractivity contribution < 1.29 is 9.18 Å². The van der Waals surface area contributed by atoms with Gasteiger partial charge in [-0.15, -0.1) is 0 Å². The molecule has 0 saturated heterocycles. The number of carbonyl (C=O) groups excluding carboxylic acids is 1. The van der Waals surface area contributed by atoms with Gasteiger partial charge in [-0.25, -0.2) is 4.39 Å². The second-order valence-electron chi connectivity index (χ2n) is 3.86. The Kier molecular flexibility index (Phi) is 5.06. The monoisotopic (exact) mass is 239 g/mol. The molecule has 17 heavy (non-hydrogen) atoms. The van der Waals surface area contributed by atoms with E-state index in [0.29, 0.717) is 24.2 Å². The maximum absolute atomic E-state index is 13.9. The summed E-state index contributed by atoms with van der Waals surface area (Å²) in [6.45, 7) is 3.19. The van der Waals surface area contributed by atoms with Gasteiger partial charge in [0.25, 0.3) is 0 Å². The van der Waals surface area contributed by atoms with Gasteiger partial charge < -0.3 is 11.5 Å². The highest BCUT2D eigenvalue weighted by Crippen LogP contribution is 2.14. The van der Waals surface area contributed by atoms with Gasteiger partial charge in [0.05, 0.1) is 6.54 Å². The standard InChI is InChI=1S/C12H18FN3O/c1-2-16(8-11(15)17)7-10-5-3-4-9(6-14)12(10)13/h3-5H,2,6-8,14H2,1H3,(H2,15,17). The Morgan fingerprint density at radius 2 is 2.06 bits per heavy atom. The molecule has 0 aliphatic heterocycles. The highest BCUT2D eigenvalue weighted by molar-refractivity contribution is 5.75. The minimum Gasteiger partial charge on any atom is -0.369 e. The molecule has 0 fully saturated rings. The Morgan fingerprint density at radius 3 is 2.59 bits per heavy atom. The minimum absolute atomic E-state index is 0.128. The maximum atomic E-state index is 13.9. The molecule has 0 unspecified atom stereocenters. The fourth-order valence-electron chi connectivity index (χ4n) is 1.65.